The van der Waals surface area contributed by atoms with Crippen molar-refractivity contribution in [3.8, 4) is 11.3 Å². The van der Waals surface area contributed by atoms with Crippen LogP contribution in [-0.4, -0.2) is 52.2 Å². The first-order chi connectivity index (χ1) is 12.7. The standard InChI is InChI=1S/C19H22N6O/c1-23-17-8-7-15(14-12-21-24-10-3-2-6-16(14)24)22-18(17)25(19(23)26)13-5-4-9-20-11-13/h2-3,6-8,10,12-13,19-20,26H,4-5,9,11H2,1H3/t13?,19-/m0/s1. The van der Waals surface area contributed by atoms with Gasteiger partial charge in [-0.25, -0.2) is 9.50 Å². The van der Waals surface area contributed by atoms with Crippen LogP contribution in [-0.2, 0) is 0 Å². The van der Waals surface area contributed by atoms with Crippen LogP contribution in [0.5, 0.6) is 0 Å². The van der Waals surface area contributed by atoms with Crippen molar-refractivity contribution in [3.63, 3.8) is 0 Å². The normalized spacial score (nSPS) is 22.8. The molecule has 2 atom stereocenters. The van der Waals surface area contributed by atoms with E-state index in [0.717, 1.165) is 54.2 Å². The Morgan fingerprint density at radius 1 is 1.23 bits per heavy atom. The molecule has 3 aromatic rings. The summed E-state index contributed by atoms with van der Waals surface area (Å²) in [6.07, 6.45) is 5.28. The van der Waals surface area contributed by atoms with Crippen LogP contribution in [0.1, 0.15) is 12.8 Å². The molecule has 1 saturated heterocycles. The molecule has 1 fully saturated rings. The van der Waals surface area contributed by atoms with Crippen LogP contribution in [0.2, 0.25) is 0 Å². The third-order valence-electron chi connectivity index (χ3n) is 5.44. The summed E-state index contributed by atoms with van der Waals surface area (Å²) >= 11 is 0. The third kappa shape index (κ3) is 2.28. The predicted octanol–water partition coefficient (Wildman–Crippen LogP) is 1.68. The maximum atomic E-state index is 10.8. The van der Waals surface area contributed by atoms with Gasteiger partial charge in [-0.15, -0.1) is 0 Å². The number of fused-ring (bicyclic) bond motifs is 2. The fraction of sp³-hybridized carbons (Fsp3) is 0.368. The van der Waals surface area contributed by atoms with Crippen LogP contribution in [0.15, 0.2) is 42.7 Å². The highest BCUT2D eigenvalue weighted by atomic mass is 16.3. The molecule has 7 nitrogen and oxygen atoms in total. The molecular weight excluding hydrogens is 328 g/mol. The van der Waals surface area contributed by atoms with Crippen LogP contribution >= 0.6 is 0 Å². The number of anilines is 2. The molecule has 7 heteroatoms. The van der Waals surface area contributed by atoms with E-state index < -0.39 is 6.35 Å². The van der Waals surface area contributed by atoms with Crippen LogP contribution in [0.3, 0.4) is 0 Å². The SMILES string of the molecule is CN1c2ccc(-c3cnn4ccccc34)nc2N(C2CCCNC2)[C@H]1O. The lowest BCUT2D eigenvalue weighted by atomic mass is 10.1. The Bertz CT molecular complexity index is 948. The Morgan fingerprint density at radius 2 is 2.15 bits per heavy atom. The van der Waals surface area contributed by atoms with Crippen molar-refractivity contribution in [2.24, 2.45) is 0 Å². The molecular formula is C19H22N6O. The largest absolute Gasteiger partial charge is 0.356 e. The fourth-order valence-corrected chi connectivity index (χ4v) is 4.04. The maximum absolute atomic E-state index is 10.8. The minimum atomic E-state index is -0.679. The highest BCUT2D eigenvalue weighted by Gasteiger charge is 2.38. The third-order valence-corrected chi connectivity index (χ3v) is 5.44. The molecule has 0 amide bonds. The first-order valence-corrected chi connectivity index (χ1v) is 9.08. The second-order valence-electron chi connectivity index (χ2n) is 6.99. The Labute approximate surface area is 151 Å². The molecule has 134 valence electrons. The molecule has 5 rings (SSSR count). The monoisotopic (exact) mass is 350 g/mol. The van der Waals surface area contributed by atoms with Gasteiger partial charge in [-0.1, -0.05) is 6.07 Å². The molecule has 0 saturated carbocycles. The first kappa shape index (κ1) is 15.6. The average Bonchev–Trinajstić information content (AvgIpc) is 3.22. The lowest BCUT2D eigenvalue weighted by Gasteiger charge is -2.35. The molecule has 0 aliphatic carbocycles. The number of piperidine rings is 1. The van der Waals surface area contributed by atoms with Gasteiger partial charge in [-0.05, 0) is 43.7 Å². The molecule has 0 aromatic carbocycles. The van der Waals surface area contributed by atoms with Crippen molar-refractivity contribution < 1.29 is 5.11 Å². The maximum Gasteiger partial charge on any atom is 0.209 e. The molecule has 2 aliphatic heterocycles. The lowest BCUT2D eigenvalue weighted by molar-refractivity contribution is 0.160. The van der Waals surface area contributed by atoms with E-state index in [0.29, 0.717) is 0 Å². The molecule has 0 radical (unpaired) electrons. The summed E-state index contributed by atoms with van der Waals surface area (Å²) in [7, 11) is 1.91. The van der Waals surface area contributed by atoms with E-state index in [1.165, 1.54) is 0 Å². The summed E-state index contributed by atoms with van der Waals surface area (Å²) in [6.45, 7) is 1.91. The zero-order valence-corrected chi connectivity index (χ0v) is 14.7. The van der Waals surface area contributed by atoms with Crippen molar-refractivity contribution >= 4 is 17.0 Å². The molecule has 2 aliphatic rings. The summed E-state index contributed by atoms with van der Waals surface area (Å²) in [5.41, 5.74) is 3.86. The van der Waals surface area contributed by atoms with E-state index in [1.54, 1.807) is 0 Å². The van der Waals surface area contributed by atoms with Crippen molar-refractivity contribution in [1.29, 1.82) is 0 Å². The summed E-state index contributed by atoms with van der Waals surface area (Å²) < 4.78 is 1.86. The van der Waals surface area contributed by atoms with Crippen LogP contribution < -0.4 is 15.1 Å². The molecule has 2 N–H and O–H groups in total. The van der Waals surface area contributed by atoms with Gasteiger partial charge in [0.1, 0.15) is 0 Å². The van der Waals surface area contributed by atoms with Crippen LogP contribution in [0.25, 0.3) is 16.8 Å². The Kier molecular flexibility index (Phi) is 3.58. The molecule has 1 unspecified atom stereocenters. The number of aliphatic hydroxyl groups excluding tert-OH is 1. The zero-order chi connectivity index (χ0) is 17.7. The number of nitrogens with zero attached hydrogens (tertiary/aromatic N) is 5. The highest BCUT2D eigenvalue weighted by molar-refractivity contribution is 5.82. The average molecular weight is 350 g/mol. The van der Waals surface area contributed by atoms with Crippen molar-refractivity contribution in [3.05, 3.63) is 42.7 Å². The van der Waals surface area contributed by atoms with E-state index in [1.807, 2.05) is 59.2 Å². The quantitative estimate of drug-likeness (QED) is 0.733. The predicted molar refractivity (Wildman–Crippen MR) is 101 cm³/mol. The molecule has 26 heavy (non-hydrogen) atoms. The molecule has 0 bridgehead atoms. The topological polar surface area (TPSA) is 68.9 Å². The number of aliphatic hydroxyl groups is 1. The first-order valence-electron chi connectivity index (χ1n) is 9.08. The minimum absolute atomic E-state index is 0.245. The van der Waals surface area contributed by atoms with Crippen molar-refractivity contribution in [2.45, 2.75) is 25.2 Å². The van der Waals surface area contributed by atoms with Crippen molar-refractivity contribution in [1.82, 2.24) is 19.9 Å². The summed E-state index contributed by atoms with van der Waals surface area (Å²) in [4.78, 5) is 8.88. The molecule has 0 spiro atoms. The molecule has 3 aromatic heterocycles. The van der Waals surface area contributed by atoms with Gasteiger partial charge in [0.05, 0.1) is 23.1 Å². The van der Waals surface area contributed by atoms with Crippen LogP contribution in [0, 0.1) is 0 Å². The van der Waals surface area contributed by atoms with Crippen LogP contribution in [0.4, 0.5) is 11.5 Å². The number of aromatic nitrogens is 3. The number of hydrogen-bond donors (Lipinski definition) is 2. The summed E-state index contributed by atoms with van der Waals surface area (Å²) in [6, 6.07) is 10.3. The smallest absolute Gasteiger partial charge is 0.209 e. The molecule has 5 heterocycles. The van der Waals surface area contributed by atoms with Gasteiger partial charge in [0, 0.05) is 31.4 Å². The Hall–Kier alpha value is -2.64. The number of pyridine rings is 2. The highest BCUT2D eigenvalue weighted by Crippen LogP contribution is 2.40. The van der Waals surface area contributed by atoms with E-state index in [-0.39, 0.29) is 6.04 Å². The summed E-state index contributed by atoms with van der Waals surface area (Å²) in [5.74, 6) is 0.849. The van der Waals surface area contributed by atoms with Crippen molar-refractivity contribution in [2.75, 3.05) is 29.9 Å². The van der Waals surface area contributed by atoms with Gasteiger partial charge in [0.25, 0.3) is 0 Å². The second-order valence-corrected chi connectivity index (χ2v) is 6.99. The van der Waals surface area contributed by atoms with E-state index in [4.69, 9.17) is 4.98 Å². The van der Waals surface area contributed by atoms with Gasteiger partial charge >= 0.3 is 0 Å². The van der Waals surface area contributed by atoms with Gasteiger partial charge in [0.15, 0.2) is 5.82 Å². The van der Waals surface area contributed by atoms with Gasteiger partial charge in [-0.2, -0.15) is 5.10 Å². The van der Waals surface area contributed by atoms with E-state index >= 15 is 0 Å². The Balaban J connectivity index is 1.60. The number of rotatable bonds is 2. The van der Waals surface area contributed by atoms with E-state index in [2.05, 4.69) is 15.3 Å². The lowest BCUT2D eigenvalue weighted by Crippen LogP contribution is -2.52. The van der Waals surface area contributed by atoms with E-state index in [9.17, 15) is 5.11 Å². The van der Waals surface area contributed by atoms with Gasteiger partial charge in [-0.3, -0.25) is 0 Å². The van der Waals surface area contributed by atoms with Gasteiger partial charge < -0.3 is 20.2 Å². The minimum Gasteiger partial charge on any atom is -0.356 e. The van der Waals surface area contributed by atoms with Gasteiger partial charge in [0.2, 0.25) is 6.35 Å². The Morgan fingerprint density at radius 3 is 3.00 bits per heavy atom. The number of hydrogen-bond acceptors (Lipinski definition) is 6. The zero-order valence-electron chi connectivity index (χ0n) is 14.7. The number of nitrogens with one attached hydrogen (secondary N) is 1. The summed E-state index contributed by atoms with van der Waals surface area (Å²) in [5, 5.41) is 18.6. The fourth-order valence-electron chi connectivity index (χ4n) is 4.04. The second kappa shape index (κ2) is 5.96.